The Kier molecular flexibility index (Phi) is 6.65. The molecule has 152 valence electrons. The number of likely N-dealkylation sites (tertiary alicyclic amines) is 1. The Morgan fingerprint density at radius 3 is 2.45 bits per heavy atom. The van der Waals surface area contributed by atoms with Crippen LogP contribution in [-0.2, 0) is 4.74 Å². The van der Waals surface area contributed by atoms with Gasteiger partial charge >= 0.3 is 5.97 Å². The topological polar surface area (TPSA) is 75.7 Å². The number of carbonyl (C=O) groups is 3. The van der Waals surface area contributed by atoms with E-state index in [-0.39, 0.29) is 11.8 Å². The van der Waals surface area contributed by atoms with E-state index < -0.39 is 5.97 Å². The molecule has 0 spiro atoms. The molecular formula is C23H26N2O4. The van der Waals surface area contributed by atoms with Gasteiger partial charge in [-0.15, -0.1) is 0 Å². The van der Waals surface area contributed by atoms with Gasteiger partial charge in [-0.05, 0) is 68.1 Å². The molecule has 1 N–H and O–H groups in total. The van der Waals surface area contributed by atoms with Crippen LogP contribution in [0.4, 0.5) is 5.69 Å². The van der Waals surface area contributed by atoms with Crippen molar-refractivity contribution in [1.29, 1.82) is 0 Å². The average molecular weight is 394 g/mol. The van der Waals surface area contributed by atoms with E-state index in [1.54, 1.807) is 48.5 Å². The molecule has 2 aromatic carbocycles. The van der Waals surface area contributed by atoms with Crippen LogP contribution < -0.4 is 5.32 Å². The number of nitrogens with one attached hydrogen (secondary N) is 1. The van der Waals surface area contributed by atoms with Crippen molar-refractivity contribution in [1.82, 2.24) is 4.90 Å². The van der Waals surface area contributed by atoms with Crippen molar-refractivity contribution in [3.05, 3.63) is 65.2 Å². The van der Waals surface area contributed by atoms with Crippen LogP contribution in [0.2, 0.25) is 0 Å². The number of hydrogen-bond acceptors (Lipinski definition) is 4. The van der Waals surface area contributed by atoms with Crippen molar-refractivity contribution >= 4 is 23.5 Å². The smallest absolute Gasteiger partial charge is 0.337 e. The van der Waals surface area contributed by atoms with E-state index in [1.165, 1.54) is 13.5 Å². The second kappa shape index (κ2) is 9.37. The van der Waals surface area contributed by atoms with Gasteiger partial charge in [0.2, 0.25) is 0 Å². The van der Waals surface area contributed by atoms with E-state index in [0.29, 0.717) is 28.4 Å². The van der Waals surface area contributed by atoms with E-state index in [0.717, 1.165) is 25.8 Å². The van der Waals surface area contributed by atoms with E-state index in [4.69, 9.17) is 4.74 Å². The summed E-state index contributed by atoms with van der Waals surface area (Å²) in [5.74, 6) is -0.753. The predicted molar refractivity (Wildman–Crippen MR) is 111 cm³/mol. The van der Waals surface area contributed by atoms with Crippen LogP contribution in [-0.4, -0.2) is 42.4 Å². The van der Waals surface area contributed by atoms with Crippen molar-refractivity contribution in [2.45, 2.75) is 38.6 Å². The summed E-state index contributed by atoms with van der Waals surface area (Å²) in [4.78, 5) is 39.0. The number of rotatable bonds is 5. The van der Waals surface area contributed by atoms with Crippen LogP contribution in [0.15, 0.2) is 48.5 Å². The molecule has 1 aliphatic heterocycles. The Hall–Kier alpha value is -3.15. The van der Waals surface area contributed by atoms with Crippen LogP contribution in [0.3, 0.4) is 0 Å². The minimum Gasteiger partial charge on any atom is -0.465 e. The lowest BCUT2D eigenvalue weighted by Crippen LogP contribution is -2.43. The van der Waals surface area contributed by atoms with E-state index in [2.05, 4.69) is 12.2 Å². The second-order valence-corrected chi connectivity index (χ2v) is 7.16. The van der Waals surface area contributed by atoms with E-state index >= 15 is 0 Å². The summed E-state index contributed by atoms with van der Waals surface area (Å²) >= 11 is 0. The van der Waals surface area contributed by atoms with Crippen LogP contribution in [0.1, 0.15) is 63.7 Å². The zero-order valence-electron chi connectivity index (χ0n) is 16.8. The number of anilines is 1. The van der Waals surface area contributed by atoms with Crippen molar-refractivity contribution in [2.75, 3.05) is 19.0 Å². The van der Waals surface area contributed by atoms with Crippen LogP contribution in [0.25, 0.3) is 0 Å². The van der Waals surface area contributed by atoms with Gasteiger partial charge in [-0.1, -0.05) is 13.0 Å². The summed E-state index contributed by atoms with van der Waals surface area (Å²) < 4.78 is 4.69. The van der Waals surface area contributed by atoms with Crippen molar-refractivity contribution in [2.24, 2.45) is 0 Å². The number of carbonyl (C=O) groups excluding carboxylic acids is 3. The van der Waals surface area contributed by atoms with Gasteiger partial charge in [-0.3, -0.25) is 9.59 Å². The summed E-state index contributed by atoms with van der Waals surface area (Å²) in [6.07, 6.45) is 4.20. The lowest BCUT2D eigenvalue weighted by molar-refractivity contribution is 0.0595. The molecule has 1 heterocycles. The summed E-state index contributed by atoms with van der Waals surface area (Å²) in [6.45, 7) is 2.90. The largest absolute Gasteiger partial charge is 0.465 e. The van der Waals surface area contributed by atoms with Gasteiger partial charge < -0.3 is 15.0 Å². The highest BCUT2D eigenvalue weighted by Crippen LogP contribution is 2.22. The summed E-state index contributed by atoms with van der Waals surface area (Å²) in [7, 11) is 1.31. The molecule has 1 saturated heterocycles. The maximum absolute atomic E-state index is 12.9. The van der Waals surface area contributed by atoms with Gasteiger partial charge in [0.05, 0.1) is 12.7 Å². The molecule has 29 heavy (non-hydrogen) atoms. The van der Waals surface area contributed by atoms with Crippen LogP contribution in [0.5, 0.6) is 0 Å². The molecule has 6 nitrogen and oxygen atoms in total. The zero-order chi connectivity index (χ0) is 20.8. The molecular weight excluding hydrogens is 368 g/mol. The number of amides is 2. The van der Waals surface area contributed by atoms with Gasteiger partial charge in [-0.2, -0.15) is 0 Å². The third kappa shape index (κ3) is 4.83. The maximum Gasteiger partial charge on any atom is 0.337 e. The van der Waals surface area contributed by atoms with Gasteiger partial charge in [0.1, 0.15) is 0 Å². The molecule has 3 rings (SSSR count). The third-order valence-corrected chi connectivity index (χ3v) is 5.29. The predicted octanol–water partition coefficient (Wildman–Crippen LogP) is 4.13. The fourth-order valence-electron chi connectivity index (χ4n) is 3.67. The first-order valence-corrected chi connectivity index (χ1v) is 9.94. The summed E-state index contributed by atoms with van der Waals surface area (Å²) in [5.41, 5.74) is 1.89. The van der Waals surface area contributed by atoms with Crippen LogP contribution in [0, 0.1) is 0 Å². The second-order valence-electron chi connectivity index (χ2n) is 7.16. The molecule has 0 aromatic heterocycles. The maximum atomic E-state index is 12.9. The van der Waals surface area contributed by atoms with Crippen molar-refractivity contribution in [3.8, 4) is 0 Å². The van der Waals surface area contributed by atoms with Crippen LogP contribution >= 0.6 is 0 Å². The fourth-order valence-corrected chi connectivity index (χ4v) is 3.67. The zero-order valence-corrected chi connectivity index (χ0v) is 16.8. The Morgan fingerprint density at radius 2 is 1.76 bits per heavy atom. The molecule has 2 amide bonds. The first-order chi connectivity index (χ1) is 14.0. The lowest BCUT2D eigenvalue weighted by atomic mass is 9.98. The molecule has 0 bridgehead atoms. The van der Waals surface area contributed by atoms with Gasteiger partial charge in [-0.25, -0.2) is 4.79 Å². The SMILES string of the molecule is CCC1CCCCN1C(=O)c1ccc(C(=O)Nc2cccc(C(=O)OC)c2)cc1. The Morgan fingerprint density at radius 1 is 1.03 bits per heavy atom. The van der Waals surface area contributed by atoms with E-state index in [1.807, 2.05) is 4.90 Å². The number of methoxy groups -OCH3 is 1. The lowest BCUT2D eigenvalue weighted by Gasteiger charge is -2.35. The first kappa shape index (κ1) is 20.6. The van der Waals surface area contributed by atoms with Gasteiger partial charge in [0.15, 0.2) is 0 Å². The first-order valence-electron chi connectivity index (χ1n) is 9.94. The number of hydrogen-bond donors (Lipinski definition) is 1. The Bertz CT molecular complexity index is 892. The number of ether oxygens (including phenoxy) is 1. The Balaban J connectivity index is 1.69. The molecule has 6 heteroatoms. The summed E-state index contributed by atoms with van der Waals surface area (Å²) in [5, 5.41) is 2.76. The molecule has 0 radical (unpaired) electrons. The highest BCUT2D eigenvalue weighted by atomic mass is 16.5. The minimum atomic E-state index is -0.466. The molecule has 1 aliphatic rings. The highest BCUT2D eigenvalue weighted by molar-refractivity contribution is 6.05. The third-order valence-electron chi connectivity index (χ3n) is 5.29. The average Bonchev–Trinajstić information content (AvgIpc) is 2.78. The number of piperidine rings is 1. The van der Waals surface area contributed by atoms with Gasteiger partial charge in [0, 0.05) is 29.4 Å². The standard InChI is InChI=1S/C23H26N2O4/c1-3-20-9-4-5-14-25(20)22(27)17-12-10-16(11-13-17)21(26)24-19-8-6-7-18(15-19)23(28)29-2/h6-8,10-13,15,20H,3-5,9,14H2,1-2H3,(H,24,26). The van der Waals surface area contributed by atoms with Gasteiger partial charge in [0.25, 0.3) is 11.8 Å². The number of benzene rings is 2. The number of nitrogens with zero attached hydrogens (tertiary/aromatic N) is 1. The van der Waals surface area contributed by atoms with E-state index in [9.17, 15) is 14.4 Å². The monoisotopic (exact) mass is 394 g/mol. The molecule has 1 atom stereocenters. The van der Waals surface area contributed by atoms with Crippen molar-refractivity contribution in [3.63, 3.8) is 0 Å². The molecule has 2 aromatic rings. The highest BCUT2D eigenvalue weighted by Gasteiger charge is 2.26. The van der Waals surface area contributed by atoms with Crippen molar-refractivity contribution < 1.29 is 19.1 Å². The molecule has 0 saturated carbocycles. The normalized spacial score (nSPS) is 16.2. The number of esters is 1. The minimum absolute atomic E-state index is 0.0225. The molecule has 1 fully saturated rings. The molecule has 0 aliphatic carbocycles. The molecule has 1 unspecified atom stereocenters. The Labute approximate surface area is 170 Å². The fraction of sp³-hybridized carbons (Fsp3) is 0.348. The summed E-state index contributed by atoms with van der Waals surface area (Å²) in [6, 6.07) is 13.5. The quantitative estimate of drug-likeness (QED) is 0.774.